The molecule has 39 heavy (non-hydrogen) atoms. The van der Waals surface area contributed by atoms with Gasteiger partial charge >= 0.3 is 6.18 Å². The predicted molar refractivity (Wildman–Crippen MR) is 133 cm³/mol. The smallest absolute Gasteiger partial charge is 0.418 e. The summed E-state index contributed by atoms with van der Waals surface area (Å²) in [7, 11) is 0. The van der Waals surface area contributed by atoms with Crippen LogP contribution in [0.3, 0.4) is 0 Å². The summed E-state index contributed by atoms with van der Waals surface area (Å²) in [4.78, 5) is 20.4. The Hall–Kier alpha value is -3.45. The van der Waals surface area contributed by atoms with Gasteiger partial charge in [0.15, 0.2) is 12.0 Å². The Morgan fingerprint density at radius 2 is 1.87 bits per heavy atom. The molecule has 2 aromatic heterocycles. The highest BCUT2D eigenvalue weighted by Gasteiger charge is 2.48. The maximum absolute atomic E-state index is 14.1. The molecule has 12 heteroatoms. The summed E-state index contributed by atoms with van der Waals surface area (Å²) < 4.78 is 59.3. The first kappa shape index (κ1) is 25.8. The first-order chi connectivity index (χ1) is 18.7. The van der Waals surface area contributed by atoms with Crippen LogP contribution in [0.25, 0.3) is 27.9 Å². The molecule has 0 bridgehead atoms. The summed E-state index contributed by atoms with van der Waals surface area (Å²) in [5.41, 5.74) is 1.54. The summed E-state index contributed by atoms with van der Waals surface area (Å²) in [6.07, 6.45) is -4.39. The normalized spacial score (nSPS) is 25.2. The third-order valence-corrected chi connectivity index (χ3v) is 7.37. The van der Waals surface area contributed by atoms with Gasteiger partial charge in [-0.15, -0.1) is 0 Å². The van der Waals surface area contributed by atoms with Crippen molar-refractivity contribution in [3.8, 4) is 17.1 Å². The molecule has 206 valence electrons. The number of halogens is 3. The average Bonchev–Trinajstić information content (AvgIpc) is 3.63. The number of ether oxygens (including phenoxy) is 3. The number of alkyl halides is 3. The lowest BCUT2D eigenvalue weighted by Gasteiger charge is -2.26. The molecule has 0 aliphatic carbocycles. The fourth-order valence-corrected chi connectivity index (χ4v) is 5.34. The van der Waals surface area contributed by atoms with E-state index in [9.17, 15) is 23.1 Å². The van der Waals surface area contributed by atoms with Gasteiger partial charge in [0.1, 0.15) is 24.9 Å². The fraction of sp³-hybridized carbons (Fsp3) is 0.407. The Kier molecular flexibility index (Phi) is 6.58. The number of aromatic amines is 1. The van der Waals surface area contributed by atoms with E-state index in [4.69, 9.17) is 19.3 Å². The average molecular weight is 546 g/mol. The van der Waals surface area contributed by atoms with E-state index in [2.05, 4.69) is 9.97 Å². The van der Waals surface area contributed by atoms with Gasteiger partial charge in [0.2, 0.25) is 5.91 Å². The highest BCUT2D eigenvalue weighted by molar-refractivity contribution is 5.83. The van der Waals surface area contributed by atoms with Gasteiger partial charge in [-0.3, -0.25) is 4.79 Å². The lowest BCUT2D eigenvalue weighted by Crippen LogP contribution is -2.36. The summed E-state index contributed by atoms with van der Waals surface area (Å²) in [6.45, 7) is 0.612. The van der Waals surface area contributed by atoms with Crippen LogP contribution < -0.4 is 4.74 Å². The molecule has 3 aliphatic heterocycles. The molecule has 3 N–H and O–H groups in total. The maximum atomic E-state index is 14.1. The van der Waals surface area contributed by atoms with Crippen molar-refractivity contribution in [1.29, 1.82) is 0 Å². The van der Waals surface area contributed by atoms with Crippen LogP contribution in [0.15, 0.2) is 42.5 Å². The SMILES string of the molecule is O=C(CO)N1CC=C(c2ccc(-c3nc4cc(O[C@@H]5CO[C@@H]6C(O)CO[C@@H]65)[nH]c4cc3C(F)(F)F)cc2)CC1. The van der Waals surface area contributed by atoms with Crippen molar-refractivity contribution < 1.29 is 42.4 Å². The van der Waals surface area contributed by atoms with Crippen molar-refractivity contribution >= 4 is 22.5 Å². The number of nitrogens with zero attached hydrogens (tertiary/aromatic N) is 2. The molecule has 3 aromatic rings. The first-order valence-electron chi connectivity index (χ1n) is 12.6. The number of carbonyl (C=O) groups excluding carboxylic acids is 1. The second-order valence-corrected chi connectivity index (χ2v) is 9.82. The van der Waals surface area contributed by atoms with Gasteiger partial charge < -0.3 is 34.3 Å². The van der Waals surface area contributed by atoms with Crippen molar-refractivity contribution in [2.75, 3.05) is 32.9 Å². The Morgan fingerprint density at radius 3 is 2.56 bits per heavy atom. The van der Waals surface area contributed by atoms with Crippen molar-refractivity contribution in [1.82, 2.24) is 14.9 Å². The van der Waals surface area contributed by atoms with Crippen LogP contribution in [0, 0.1) is 0 Å². The standard InChI is InChI=1S/C27H26F3N3O6/c28-27(29,30)17-9-18-19(10-22(31-18)39-21-13-38-25-20(35)12-37-26(21)25)32-24(17)16-3-1-14(2-4-16)15-5-7-33(8-6-15)23(36)11-34/h1-5,9-10,20-21,25-26,31,34-35H,6-8,11-13H2/t20?,21-,25-,26-/m1/s1. The number of fused-ring (bicyclic) bond motifs is 2. The zero-order valence-electron chi connectivity index (χ0n) is 20.6. The Labute approximate surface area is 220 Å². The molecule has 2 fully saturated rings. The van der Waals surface area contributed by atoms with Gasteiger partial charge in [-0.2, -0.15) is 13.2 Å². The topological polar surface area (TPSA) is 117 Å². The Balaban J connectivity index is 1.26. The second kappa shape index (κ2) is 9.94. The lowest BCUT2D eigenvalue weighted by atomic mass is 9.96. The van der Waals surface area contributed by atoms with Crippen LogP contribution in [-0.4, -0.2) is 88.3 Å². The molecule has 5 heterocycles. The molecule has 6 rings (SSSR count). The molecule has 2 saturated heterocycles. The second-order valence-electron chi connectivity index (χ2n) is 9.82. The van der Waals surface area contributed by atoms with Crippen LogP contribution in [0.4, 0.5) is 13.2 Å². The molecule has 4 atom stereocenters. The fourth-order valence-electron chi connectivity index (χ4n) is 5.34. The van der Waals surface area contributed by atoms with Crippen LogP contribution in [-0.2, 0) is 20.4 Å². The van der Waals surface area contributed by atoms with Gasteiger partial charge in [0.05, 0.1) is 35.5 Å². The third-order valence-electron chi connectivity index (χ3n) is 7.37. The molecule has 3 aliphatic rings. The van der Waals surface area contributed by atoms with Crippen LogP contribution >= 0.6 is 0 Å². The van der Waals surface area contributed by atoms with Crippen molar-refractivity contribution in [3.63, 3.8) is 0 Å². The number of hydrogen-bond donors (Lipinski definition) is 3. The van der Waals surface area contributed by atoms with Crippen molar-refractivity contribution in [2.24, 2.45) is 0 Å². The minimum atomic E-state index is -4.64. The molecule has 0 spiro atoms. The third kappa shape index (κ3) is 4.89. The number of H-pyrrole nitrogens is 1. The minimum Gasteiger partial charge on any atom is -0.470 e. The first-order valence-corrected chi connectivity index (χ1v) is 12.6. The van der Waals surface area contributed by atoms with Crippen molar-refractivity contribution in [3.05, 3.63) is 53.6 Å². The molecule has 0 saturated carbocycles. The van der Waals surface area contributed by atoms with E-state index in [-0.39, 0.29) is 36.2 Å². The number of hydrogen-bond acceptors (Lipinski definition) is 7. The zero-order chi connectivity index (χ0) is 27.3. The number of aliphatic hydroxyl groups is 2. The minimum absolute atomic E-state index is 0.139. The molecule has 9 nitrogen and oxygen atoms in total. The number of nitrogens with one attached hydrogen (secondary N) is 1. The molecule has 1 amide bonds. The number of amides is 1. The lowest BCUT2D eigenvalue weighted by molar-refractivity contribution is -0.137. The Bertz CT molecular complexity index is 1420. The number of aromatic nitrogens is 2. The van der Waals surface area contributed by atoms with Crippen LogP contribution in [0.5, 0.6) is 5.88 Å². The highest BCUT2D eigenvalue weighted by atomic mass is 19.4. The summed E-state index contributed by atoms with van der Waals surface area (Å²) in [6, 6.07) is 9.27. The van der Waals surface area contributed by atoms with Crippen LogP contribution in [0.1, 0.15) is 17.5 Å². The predicted octanol–water partition coefficient (Wildman–Crippen LogP) is 2.76. The van der Waals surface area contributed by atoms with Gasteiger partial charge in [-0.1, -0.05) is 30.3 Å². The van der Waals surface area contributed by atoms with E-state index in [1.807, 2.05) is 6.08 Å². The van der Waals surface area contributed by atoms with E-state index in [0.717, 1.165) is 17.2 Å². The highest BCUT2D eigenvalue weighted by Crippen LogP contribution is 2.39. The van der Waals surface area contributed by atoms with E-state index in [0.29, 0.717) is 30.6 Å². The zero-order valence-corrected chi connectivity index (χ0v) is 20.6. The van der Waals surface area contributed by atoms with Gasteiger partial charge in [-0.05, 0) is 23.6 Å². The van der Waals surface area contributed by atoms with Gasteiger partial charge in [0.25, 0.3) is 0 Å². The number of pyridine rings is 1. The molecule has 1 aromatic carbocycles. The van der Waals surface area contributed by atoms with Gasteiger partial charge in [0, 0.05) is 24.7 Å². The monoisotopic (exact) mass is 545 g/mol. The molecule has 0 radical (unpaired) electrons. The van der Waals surface area contributed by atoms with Crippen molar-refractivity contribution in [2.45, 2.75) is 37.0 Å². The number of aliphatic hydroxyl groups excluding tert-OH is 2. The molecular weight excluding hydrogens is 519 g/mol. The van der Waals surface area contributed by atoms with E-state index in [1.165, 1.54) is 0 Å². The van der Waals surface area contributed by atoms with E-state index in [1.54, 1.807) is 35.2 Å². The van der Waals surface area contributed by atoms with Crippen LogP contribution in [0.2, 0.25) is 0 Å². The maximum Gasteiger partial charge on any atom is 0.418 e. The summed E-state index contributed by atoms with van der Waals surface area (Å²) >= 11 is 0. The summed E-state index contributed by atoms with van der Waals surface area (Å²) in [5.74, 6) is -0.109. The molecule has 1 unspecified atom stereocenters. The number of rotatable bonds is 5. The molecular formula is C27H26F3N3O6. The summed E-state index contributed by atoms with van der Waals surface area (Å²) in [5, 5.41) is 19.0. The van der Waals surface area contributed by atoms with E-state index >= 15 is 0 Å². The number of carbonyl (C=O) groups is 1. The quantitative estimate of drug-likeness (QED) is 0.452. The van der Waals surface area contributed by atoms with Gasteiger partial charge in [-0.25, -0.2) is 4.98 Å². The largest absolute Gasteiger partial charge is 0.470 e. The van der Waals surface area contributed by atoms with E-state index < -0.39 is 42.8 Å². The Morgan fingerprint density at radius 1 is 1.13 bits per heavy atom. The number of benzene rings is 1.